The minimum Gasteiger partial charge on any atom is -0.339 e. The van der Waals surface area contributed by atoms with Gasteiger partial charge in [-0.2, -0.15) is 0 Å². The largest absolute Gasteiger partial charge is 0.339 e. The molecule has 2 rings (SSSR count). The van der Waals surface area contributed by atoms with Gasteiger partial charge in [-0.25, -0.2) is 13.1 Å². The molecule has 7 nitrogen and oxygen atoms in total. The quantitative estimate of drug-likeness (QED) is 0.646. The SMILES string of the molecule is CCCC(C)(N)C(=O)N1CCN(CCNS(=O)(=O)c2ccc(C)cc2)CC1.Cl. The van der Waals surface area contributed by atoms with E-state index in [2.05, 4.69) is 9.62 Å². The standard InChI is InChI=1S/C19H32N4O3S.ClH/c1-4-9-19(3,20)18(24)23-14-12-22(13-15-23)11-10-21-27(25,26)17-7-5-16(2)6-8-17;/h5-8,21H,4,9-15,20H2,1-3H3;1H. The number of sulfonamides is 1. The van der Waals surface area contributed by atoms with E-state index in [1.807, 2.05) is 18.7 Å². The van der Waals surface area contributed by atoms with E-state index in [4.69, 9.17) is 5.73 Å². The first-order valence-electron chi connectivity index (χ1n) is 9.52. The number of nitrogens with two attached hydrogens (primary N) is 1. The van der Waals surface area contributed by atoms with Crippen molar-refractivity contribution in [2.75, 3.05) is 39.3 Å². The highest BCUT2D eigenvalue weighted by molar-refractivity contribution is 7.89. The Morgan fingerprint density at radius 2 is 1.75 bits per heavy atom. The van der Waals surface area contributed by atoms with Crippen molar-refractivity contribution in [3.8, 4) is 0 Å². The third-order valence-electron chi connectivity index (χ3n) is 4.97. The number of aryl methyl sites for hydroxylation is 1. The van der Waals surface area contributed by atoms with Crippen LogP contribution in [-0.2, 0) is 14.8 Å². The van der Waals surface area contributed by atoms with E-state index in [-0.39, 0.29) is 23.2 Å². The van der Waals surface area contributed by atoms with Gasteiger partial charge in [0.15, 0.2) is 0 Å². The summed E-state index contributed by atoms with van der Waals surface area (Å²) in [7, 11) is -3.49. The number of halogens is 1. The predicted octanol–water partition coefficient (Wildman–Crippen LogP) is 1.36. The summed E-state index contributed by atoms with van der Waals surface area (Å²) in [6, 6.07) is 6.80. The molecule has 9 heteroatoms. The summed E-state index contributed by atoms with van der Waals surface area (Å²) >= 11 is 0. The normalized spacial score (nSPS) is 17.6. The van der Waals surface area contributed by atoms with Crippen LogP contribution in [0.25, 0.3) is 0 Å². The van der Waals surface area contributed by atoms with Crippen molar-refractivity contribution in [2.24, 2.45) is 5.73 Å². The summed E-state index contributed by atoms with van der Waals surface area (Å²) in [5, 5.41) is 0. The molecule has 3 N–H and O–H groups in total. The molecular weight excluding hydrogens is 400 g/mol. The maximum absolute atomic E-state index is 12.5. The van der Waals surface area contributed by atoms with Gasteiger partial charge >= 0.3 is 0 Å². The molecule has 0 saturated carbocycles. The highest BCUT2D eigenvalue weighted by Crippen LogP contribution is 2.15. The molecule has 1 aliphatic rings. The second-order valence-corrected chi connectivity index (χ2v) is 9.28. The summed E-state index contributed by atoms with van der Waals surface area (Å²) in [5.74, 6) is 0.00377. The van der Waals surface area contributed by atoms with Crippen LogP contribution < -0.4 is 10.5 Å². The van der Waals surface area contributed by atoms with Gasteiger partial charge in [-0.3, -0.25) is 9.69 Å². The Balaban J connectivity index is 0.00000392. The van der Waals surface area contributed by atoms with Gasteiger partial charge in [0, 0.05) is 39.3 Å². The summed E-state index contributed by atoms with van der Waals surface area (Å²) in [4.78, 5) is 16.8. The topological polar surface area (TPSA) is 95.7 Å². The Hall–Kier alpha value is -1.19. The first-order chi connectivity index (χ1) is 12.7. The fourth-order valence-electron chi connectivity index (χ4n) is 3.30. The molecule has 1 aromatic carbocycles. The van der Waals surface area contributed by atoms with E-state index in [1.54, 1.807) is 31.2 Å². The van der Waals surface area contributed by atoms with E-state index in [0.29, 0.717) is 32.6 Å². The zero-order chi connectivity index (χ0) is 20.1. The first kappa shape index (κ1) is 24.8. The number of benzene rings is 1. The minimum absolute atomic E-state index is 0. The van der Waals surface area contributed by atoms with E-state index >= 15 is 0 Å². The summed E-state index contributed by atoms with van der Waals surface area (Å²) in [5.41, 5.74) is 6.36. The second kappa shape index (κ2) is 10.5. The molecule has 0 radical (unpaired) electrons. The van der Waals surface area contributed by atoms with Crippen molar-refractivity contribution in [3.63, 3.8) is 0 Å². The highest BCUT2D eigenvalue weighted by atomic mass is 35.5. The number of carbonyl (C=O) groups is 1. The molecular formula is C19H33ClN4O3S. The lowest BCUT2D eigenvalue weighted by Gasteiger charge is -2.38. The van der Waals surface area contributed by atoms with Crippen molar-refractivity contribution < 1.29 is 13.2 Å². The van der Waals surface area contributed by atoms with Crippen LogP contribution in [0.4, 0.5) is 0 Å². The average Bonchev–Trinajstić information content (AvgIpc) is 2.62. The van der Waals surface area contributed by atoms with Crippen LogP contribution in [0.2, 0.25) is 0 Å². The lowest BCUT2D eigenvalue weighted by atomic mass is 9.95. The molecule has 1 amide bonds. The molecule has 0 aliphatic carbocycles. The summed E-state index contributed by atoms with van der Waals surface area (Å²) < 4.78 is 27.3. The lowest BCUT2D eigenvalue weighted by Crippen LogP contribution is -2.58. The number of piperazine rings is 1. The number of carbonyl (C=O) groups excluding carboxylic acids is 1. The zero-order valence-electron chi connectivity index (χ0n) is 17.0. The molecule has 1 unspecified atom stereocenters. The fourth-order valence-corrected chi connectivity index (χ4v) is 4.32. The number of rotatable bonds is 8. The molecule has 28 heavy (non-hydrogen) atoms. The lowest BCUT2D eigenvalue weighted by molar-refractivity contribution is -0.138. The Bertz CT molecular complexity index is 730. The monoisotopic (exact) mass is 432 g/mol. The molecule has 1 fully saturated rings. The van der Waals surface area contributed by atoms with E-state index < -0.39 is 15.6 Å². The molecule has 0 aromatic heterocycles. The molecule has 1 aliphatic heterocycles. The first-order valence-corrected chi connectivity index (χ1v) is 11.0. The van der Waals surface area contributed by atoms with Crippen LogP contribution in [0.3, 0.4) is 0 Å². The van der Waals surface area contributed by atoms with Crippen LogP contribution in [0.15, 0.2) is 29.2 Å². The zero-order valence-corrected chi connectivity index (χ0v) is 18.6. The van der Waals surface area contributed by atoms with Gasteiger partial charge in [-0.15, -0.1) is 12.4 Å². The molecule has 1 atom stereocenters. The van der Waals surface area contributed by atoms with Crippen molar-refractivity contribution in [1.82, 2.24) is 14.5 Å². The molecule has 1 saturated heterocycles. The fraction of sp³-hybridized carbons (Fsp3) is 0.632. The summed E-state index contributed by atoms with van der Waals surface area (Å²) in [6.45, 7) is 9.39. The number of hydrogen-bond acceptors (Lipinski definition) is 5. The van der Waals surface area contributed by atoms with Gasteiger partial charge in [-0.1, -0.05) is 31.0 Å². The second-order valence-electron chi connectivity index (χ2n) is 7.51. The molecule has 160 valence electrons. The minimum atomic E-state index is -3.49. The summed E-state index contributed by atoms with van der Waals surface area (Å²) in [6.07, 6.45) is 1.55. The Morgan fingerprint density at radius 3 is 2.29 bits per heavy atom. The maximum atomic E-state index is 12.5. The van der Waals surface area contributed by atoms with Gasteiger partial charge in [0.2, 0.25) is 15.9 Å². The number of nitrogens with zero attached hydrogens (tertiary/aromatic N) is 2. The molecule has 1 heterocycles. The van der Waals surface area contributed by atoms with Gasteiger partial charge < -0.3 is 10.6 Å². The van der Waals surface area contributed by atoms with E-state index in [1.165, 1.54) is 0 Å². The van der Waals surface area contributed by atoms with Gasteiger partial charge in [-0.05, 0) is 32.4 Å². The van der Waals surface area contributed by atoms with E-state index in [9.17, 15) is 13.2 Å². The Labute approximate surface area is 175 Å². The maximum Gasteiger partial charge on any atom is 0.242 e. The number of amides is 1. The Kier molecular flexibility index (Phi) is 9.36. The smallest absolute Gasteiger partial charge is 0.242 e. The molecule has 1 aromatic rings. The van der Waals surface area contributed by atoms with Crippen LogP contribution in [0.1, 0.15) is 32.3 Å². The molecule has 0 spiro atoms. The van der Waals surface area contributed by atoms with Crippen LogP contribution >= 0.6 is 12.4 Å². The predicted molar refractivity (Wildman–Crippen MR) is 114 cm³/mol. The van der Waals surface area contributed by atoms with Crippen LogP contribution in [0, 0.1) is 6.92 Å². The average molecular weight is 433 g/mol. The van der Waals surface area contributed by atoms with Gasteiger partial charge in [0.1, 0.15) is 0 Å². The van der Waals surface area contributed by atoms with Gasteiger partial charge in [0.05, 0.1) is 10.4 Å². The Morgan fingerprint density at radius 1 is 1.18 bits per heavy atom. The van der Waals surface area contributed by atoms with Gasteiger partial charge in [0.25, 0.3) is 0 Å². The highest BCUT2D eigenvalue weighted by Gasteiger charge is 2.33. The van der Waals surface area contributed by atoms with Crippen molar-refractivity contribution in [3.05, 3.63) is 29.8 Å². The van der Waals surface area contributed by atoms with E-state index in [0.717, 1.165) is 25.1 Å². The molecule has 0 bridgehead atoms. The van der Waals surface area contributed by atoms with Crippen LogP contribution in [0.5, 0.6) is 0 Å². The van der Waals surface area contributed by atoms with Crippen molar-refractivity contribution in [2.45, 2.75) is 44.0 Å². The third-order valence-corrected chi connectivity index (χ3v) is 6.45. The third kappa shape index (κ3) is 6.70. The number of nitrogens with one attached hydrogen (secondary N) is 1. The van der Waals surface area contributed by atoms with Crippen molar-refractivity contribution >= 4 is 28.3 Å². The van der Waals surface area contributed by atoms with Crippen LogP contribution in [-0.4, -0.2) is 68.9 Å². The van der Waals surface area contributed by atoms with Crippen molar-refractivity contribution in [1.29, 1.82) is 0 Å². The number of hydrogen-bond donors (Lipinski definition) is 2.